The first kappa shape index (κ1) is 15.7. The summed E-state index contributed by atoms with van der Waals surface area (Å²) in [6.45, 7) is 1.91. The number of hydrogen-bond acceptors (Lipinski definition) is 3. The average Bonchev–Trinajstić information content (AvgIpc) is 2.48. The Morgan fingerprint density at radius 1 is 1.23 bits per heavy atom. The molecule has 0 atom stereocenters. The van der Waals surface area contributed by atoms with Gasteiger partial charge in [-0.15, -0.1) is 0 Å². The smallest absolute Gasteiger partial charge is 0.269 e. The fraction of sp³-hybridized carbons (Fsp3) is 0.0625. The summed E-state index contributed by atoms with van der Waals surface area (Å²) in [5.74, 6) is -0.330. The van der Waals surface area contributed by atoms with Gasteiger partial charge in [-0.2, -0.15) is 0 Å². The van der Waals surface area contributed by atoms with Gasteiger partial charge in [0.1, 0.15) is 0 Å². The van der Waals surface area contributed by atoms with Crippen LogP contribution < -0.4 is 5.32 Å². The summed E-state index contributed by atoms with van der Waals surface area (Å²) in [5.41, 5.74) is 2.24. The molecule has 112 valence electrons. The Morgan fingerprint density at radius 3 is 2.50 bits per heavy atom. The van der Waals surface area contributed by atoms with Crippen LogP contribution in [0.2, 0.25) is 5.02 Å². The summed E-state index contributed by atoms with van der Waals surface area (Å²) in [7, 11) is 0. The van der Waals surface area contributed by atoms with E-state index in [2.05, 4.69) is 5.32 Å². The SMILES string of the molecule is Cc1ccc(NC(=O)/C=C/c2ccc([N+](=O)[O-])cc2)c(Cl)c1. The van der Waals surface area contributed by atoms with E-state index >= 15 is 0 Å². The number of nitro benzene ring substituents is 1. The van der Waals surface area contributed by atoms with E-state index in [1.165, 1.54) is 18.2 Å². The molecule has 0 spiro atoms. The van der Waals surface area contributed by atoms with E-state index < -0.39 is 4.92 Å². The van der Waals surface area contributed by atoms with Crippen molar-refractivity contribution in [1.29, 1.82) is 0 Å². The number of benzene rings is 2. The maximum absolute atomic E-state index is 11.8. The Labute approximate surface area is 132 Å². The van der Waals surface area contributed by atoms with Crippen molar-refractivity contribution in [3.05, 3.63) is 74.8 Å². The molecule has 5 nitrogen and oxygen atoms in total. The number of non-ortho nitro benzene ring substituents is 1. The standard InChI is InChI=1S/C16H13ClN2O3/c1-11-2-8-15(14(17)10-11)18-16(20)9-5-12-3-6-13(7-4-12)19(21)22/h2-10H,1H3,(H,18,20)/b9-5+. The molecule has 0 heterocycles. The number of rotatable bonds is 4. The Bertz CT molecular complexity index is 740. The first-order chi connectivity index (χ1) is 10.5. The molecule has 2 aromatic rings. The van der Waals surface area contributed by atoms with Crippen molar-refractivity contribution in [3.63, 3.8) is 0 Å². The van der Waals surface area contributed by atoms with Gasteiger partial charge in [-0.05, 0) is 48.4 Å². The summed E-state index contributed by atoms with van der Waals surface area (Å²) in [5, 5.41) is 13.7. The zero-order valence-electron chi connectivity index (χ0n) is 11.7. The Kier molecular flexibility index (Phi) is 4.91. The van der Waals surface area contributed by atoms with Crippen molar-refractivity contribution in [1.82, 2.24) is 0 Å². The zero-order valence-corrected chi connectivity index (χ0v) is 12.5. The quantitative estimate of drug-likeness (QED) is 0.521. The van der Waals surface area contributed by atoms with Gasteiger partial charge in [0.15, 0.2) is 0 Å². The van der Waals surface area contributed by atoms with Crippen LogP contribution in [0.15, 0.2) is 48.5 Å². The van der Waals surface area contributed by atoms with Crippen molar-refractivity contribution in [2.24, 2.45) is 0 Å². The summed E-state index contributed by atoms with van der Waals surface area (Å²) in [6.07, 6.45) is 2.92. The van der Waals surface area contributed by atoms with Crippen molar-refractivity contribution < 1.29 is 9.72 Å². The molecule has 2 aromatic carbocycles. The monoisotopic (exact) mass is 316 g/mol. The number of aryl methyl sites for hydroxylation is 1. The van der Waals surface area contributed by atoms with E-state index in [-0.39, 0.29) is 11.6 Å². The van der Waals surface area contributed by atoms with Crippen LogP contribution in [-0.2, 0) is 4.79 Å². The van der Waals surface area contributed by atoms with Crippen LogP contribution in [0.5, 0.6) is 0 Å². The second kappa shape index (κ2) is 6.87. The summed E-state index contributed by atoms with van der Waals surface area (Å²) in [4.78, 5) is 21.9. The Balaban J connectivity index is 2.03. The number of nitro groups is 1. The summed E-state index contributed by atoms with van der Waals surface area (Å²) >= 11 is 6.04. The highest BCUT2D eigenvalue weighted by Gasteiger charge is 2.04. The third-order valence-electron chi connectivity index (χ3n) is 2.91. The molecule has 0 aliphatic rings. The average molecular weight is 317 g/mol. The van der Waals surface area contributed by atoms with Crippen LogP contribution in [0.3, 0.4) is 0 Å². The van der Waals surface area contributed by atoms with E-state index in [1.54, 1.807) is 30.3 Å². The van der Waals surface area contributed by atoms with Crippen molar-refractivity contribution in [2.75, 3.05) is 5.32 Å². The number of carbonyl (C=O) groups is 1. The van der Waals surface area contributed by atoms with Gasteiger partial charge in [0, 0.05) is 18.2 Å². The first-order valence-electron chi connectivity index (χ1n) is 6.45. The van der Waals surface area contributed by atoms with Crippen molar-refractivity contribution in [3.8, 4) is 0 Å². The van der Waals surface area contributed by atoms with Crippen LogP contribution in [0.25, 0.3) is 6.08 Å². The lowest BCUT2D eigenvalue weighted by Gasteiger charge is -2.05. The predicted octanol–water partition coefficient (Wildman–Crippen LogP) is 4.21. The van der Waals surface area contributed by atoms with Crippen LogP contribution in [0.4, 0.5) is 11.4 Å². The normalized spacial score (nSPS) is 10.6. The lowest BCUT2D eigenvalue weighted by molar-refractivity contribution is -0.384. The fourth-order valence-corrected chi connectivity index (χ4v) is 2.06. The Hall–Kier alpha value is -2.66. The van der Waals surface area contributed by atoms with Gasteiger partial charge in [-0.25, -0.2) is 0 Å². The Morgan fingerprint density at radius 2 is 1.91 bits per heavy atom. The molecule has 1 amide bonds. The minimum absolute atomic E-state index is 0.00744. The third-order valence-corrected chi connectivity index (χ3v) is 3.23. The molecular formula is C16H13ClN2O3. The lowest BCUT2D eigenvalue weighted by atomic mass is 10.2. The van der Waals surface area contributed by atoms with Gasteiger partial charge < -0.3 is 5.32 Å². The van der Waals surface area contributed by atoms with Crippen LogP contribution in [0, 0.1) is 17.0 Å². The fourth-order valence-electron chi connectivity index (χ4n) is 1.77. The second-order valence-electron chi connectivity index (χ2n) is 4.65. The molecule has 0 saturated carbocycles. The van der Waals surface area contributed by atoms with Gasteiger partial charge >= 0.3 is 0 Å². The van der Waals surface area contributed by atoms with Gasteiger partial charge in [0.05, 0.1) is 15.6 Å². The molecule has 0 fully saturated rings. The number of anilines is 1. The largest absolute Gasteiger partial charge is 0.321 e. The molecule has 6 heteroatoms. The van der Waals surface area contributed by atoms with Crippen LogP contribution >= 0.6 is 11.6 Å². The molecular weight excluding hydrogens is 304 g/mol. The van der Waals surface area contributed by atoms with Crippen molar-refractivity contribution >= 4 is 35.0 Å². The number of amides is 1. The molecule has 0 unspecified atom stereocenters. The highest BCUT2D eigenvalue weighted by molar-refractivity contribution is 6.33. The second-order valence-corrected chi connectivity index (χ2v) is 5.06. The molecule has 0 aromatic heterocycles. The molecule has 0 bridgehead atoms. The highest BCUT2D eigenvalue weighted by atomic mass is 35.5. The number of nitrogens with one attached hydrogen (secondary N) is 1. The molecule has 2 rings (SSSR count). The van der Waals surface area contributed by atoms with Gasteiger partial charge in [-0.3, -0.25) is 14.9 Å². The van der Waals surface area contributed by atoms with Crippen molar-refractivity contribution in [2.45, 2.75) is 6.92 Å². The molecule has 0 aliphatic heterocycles. The van der Waals surface area contributed by atoms with Crippen LogP contribution in [-0.4, -0.2) is 10.8 Å². The van der Waals surface area contributed by atoms with E-state index in [4.69, 9.17) is 11.6 Å². The molecule has 22 heavy (non-hydrogen) atoms. The minimum atomic E-state index is -0.473. The number of nitrogens with zero attached hydrogens (tertiary/aromatic N) is 1. The lowest BCUT2D eigenvalue weighted by Crippen LogP contribution is -2.08. The minimum Gasteiger partial charge on any atom is -0.321 e. The van der Waals surface area contributed by atoms with Crippen LogP contribution in [0.1, 0.15) is 11.1 Å². The van der Waals surface area contributed by atoms with E-state index in [9.17, 15) is 14.9 Å². The van der Waals surface area contributed by atoms with Gasteiger partial charge in [-0.1, -0.05) is 17.7 Å². The number of carbonyl (C=O) groups excluding carboxylic acids is 1. The number of hydrogen-bond donors (Lipinski definition) is 1. The first-order valence-corrected chi connectivity index (χ1v) is 6.83. The summed E-state index contributed by atoms with van der Waals surface area (Å²) < 4.78 is 0. The topological polar surface area (TPSA) is 72.2 Å². The summed E-state index contributed by atoms with van der Waals surface area (Å²) in [6, 6.07) is 11.2. The van der Waals surface area contributed by atoms with E-state index in [0.29, 0.717) is 16.3 Å². The van der Waals surface area contributed by atoms with E-state index in [1.807, 2.05) is 13.0 Å². The maximum Gasteiger partial charge on any atom is 0.269 e. The molecule has 0 radical (unpaired) electrons. The predicted molar refractivity (Wildman–Crippen MR) is 86.9 cm³/mol. The van der Waals surface area contributed by atoms with Gasteiger partial charge in [0.25, 0.3) is 5.69 Å². The molecule has 0 saturated heterocycles. The maximum atomic E-state index is 11.8. The molecule has 1 N–H and O–H groups in total. The highest BCUT2D eigenvalue weighted by Crippen LogP contribution is 2.22. The van der Waals surface area contributed by atoms with E-state index in [0.717, 1.165) is 5.56 Å². The number of halogens is 1. The molecule has 0 aliphatic carbocycles. The van der Waals surface area contributed by atoms with Gasteiger partial charge in [0.2, 0.25) is 5.91 Å². The third kappa shape index (κ3) is 4.17. The zero-order chi connectivity index (χ0) is 16.1.